The highest BCUT2D eigenvalue weighted by Gasteiger charge is 2.13. The molecule has 0 unspecified atom stereocenters. The predicted octanol–water partition coefficient (Wildman–Crippen LogP) is 3.04. The lowest BCUT2D eigenvalue weighted by Crippen LogP contribution is -2.25. The Kier molecular flexibility index (Phi) is 6.38. The number of methoxy groups -OCH3 is 1. The number of pyridine rings is 1. The van der Waals surface area contributed by atoms with Gasteiger partial charge in [-0.3, -0.25) is 0 Å². The molecule has 0 radical (unpaired) electrons. The van der Waals surface area contributed by atoms with Crippen LogP contribution < -0.4 is 9.46 Å². The Morgan fingerprint density at radius 3 is 2.65 bits per heavy atom. The molecule has 0 fully saturated rings. The van der Waals surface area contributed by atoms with Gasteiger partial charge in [0.1, 0.15) is 15.8 Å². The average molecular weight is 355 g/mol. The number of hydrogen-bond acceptors (Lipinski definition) is 4. The van der Waals surface area contributed by atoms with Crippen molar-refractivity contribution in [3.63, 3.8) is 0 Å². The number of para-hydroxylation sites is 1. The van der Waals surface area contributed by atoms with E-state index in [1.54, 1.807) is 7.11 Å². The second kappa shape index (κ2) is 8.29. The number of sulfonamides is 1. The second-order valence-electron chi connectivity index (χ2n) is 4.98. The van der Waals surface area contributed by atoms with Gasteiger partial charge in [0.05, 0.1) is 7.11 Å². The molecule has 0 saturated carbocycles. The van der Waals surface area contributed by atoms with Crippen LogP contribution in [-0.2, 0) is 16.4 Å². The van der Waals surface area contributed by atoms with E-state index in [0.29, 0.717) is 6.54 Å². The van der Waals surface area contributed by atoms with Crippen LogP contribution in [0.1, 0.15) is 18.4 Å². The van der Waals surface area contributed by atoms with Crippen molar-refractivity contribution in [3.05, 3.63) is 53.3 Å². The SMILES string of the molecule is COc1ccccc1CCCCNS(=O)(=O)c1ccc(Cl)nc1. The normalized spacial score (nSPS) is 11.4. The first kappa shape index (κ1) is 17.7. The van der Waals surface area contributed by atoms with Crippen LogP contribution in [0.15, 0.2) is 47.5 Å². The Morgan fingerprint density at radius 2 is 1.96 bits per heavy atom. The lowest BCUT2D eigenvalue weighted by Gasteiger charge is -2.09. The summed E-state index contributed by atoms with van der Waals surface area (Å²) in [5.74, 6) is 0.861. The maximum Gasteiger partial charge on any atom is 0.242 e. The molecule has 0 saturated heterocycles. The smallest absolute Gasteiger partial charge is 0.242 e. The molecule has 1 N–H and O–H groups in total. The fraction of sp³-hybridized carbons (Fsp3) is 0.312. The van der Waals surface area contributed by atoms with Gasteiger partial charge in [-0.25, -0.2) is 18.1 Å². The Bertz CT molecular complexity index is 733. The second-order valence-corrected chi connectivity index (χ2v) is 7.14. The number of halogens is 1. The number of unbranched alkanes of at least 4 members (excludes halogenated alkanes) is 1. The zero-order valence-electron chi connectivity index (χ0n) is 12.8. The van der Waals surface area contributed by atoms with Crippen molar-refractivity contribution >= 4 is 21.6 Å². The summed E-state index contributed by atoms with van der Waals surface area (Å²) < 4.78 is 32.0. The molecule has 0 aliphatic rings. The van der Waals surface area contributed by atoms with E-state index in [2.05, 4.69) is 9.71 Å². The lowest BCUT2D eigenvalue weighted by molar-refractivity contribution is 0.409. The Balaban J connectivity index is 1.80. The maximum atomic E-state index is 12.1. The molecule has 0 bridgehead atoms. The number of benzene rings is 1. The van der Waals surface area contributed by atoms with Crippen molar-refractivity contribution in [1.29, 1.82) is 0 Å². The van der Waals surface area contributed by atoms with Crippen LogP contribution in [0, 0.1) is 0 Å². The van der Waals surface area contributed by atoms with Crippen LogP contribution in [-0.4, -0.2) is 27.1 Å². The number of aromatic nitrogens is 1. The van der Waals surface area contributed by atoms with Crippen molar-refractivity contribution in [3.8, 4) is 5.75 Å². The van der Waals surface area contributed by atoms with Crippen molar-refractivity contribution in [1.82, 2.24) is 9.71 Å². The standard InChI is InChI=1S/C16H19ClN2O3S/c1-22-15-8-3-2-6-13(15)7-4-5-11-19-23(20,21)14-9-10-16(17)18-12-14/h2-3,6,8-10,12,19H,4-5,7,11H2,1H3. The third-order valence-corrected chi connectivity index (χ3v) is 5.04. The molecular weight excluding hydrogens is 336 g/mol. The monoisotopic (exact) mass is 354 g/mol. The van der Waals surface area contributed by atoms with E-state index in [-0.39, 0.29) is 10.0 Å². The molecular formula is C16H19ClN2O3S. The summed E-state index contributed by atoms with van der Waals surface area (Å²) in [6.07, 6.45) is 3.69. The maximum absolute atomic E-state index is 12.1. The van der Waals surface area contributed by atoms with Crippen LogP contribution in [0.3, 0.4) is 0 Å². The van der Waals surface area contributed by atoms with Gasteiger partial charge >= 0.3 is 0 Å². The Labute approximate surface area is 141 Å². The van der Waals surface area contributed by atoms with Gasteiger partial charge in [-0.05, 0) is 43.0 Å². The van der Waals surface area contributed by atoms with Gasteiger partial charge in [-0.1, -0.05) is 29.8 Å². The van der Waals surface area contributed by atoms with Crippen molar-refractivity contribution in [2.45, 2.75) is 24.2 Å². The van der Waals surface area contributed by atoms with Crippen LogP contribution in [0.2, 0.25) is 5.15 Å². The van der Waals surface area contributed by atoms with Gasteiger partial charge in [-0.2, -0.15) is 0 Å². The summed E-state index contributed by atoms with van der Waals surface area (Å²) >= 11 is 5.65. The molecule has 5 nitrogen and oxygen atoms in total. The molecule has 124 valence electrons. The largest absolute Gasteiger partial charge is 0.496 e. The highest BCUT2D eigenvalue weighted by atomic mass is 35.5. The van der Waals surface area contributed by atoms with E-state index in [1.165, 1.54) is 18.3 Å². The fourth-order valence-electron chi connectivity index (χ4n) is 2.16. The fourth-order valence-corrected chi connectivity index (χ4v) is 3.29. The van der Waals surface area contributed by atoms with Gasteiger partial charge < -0.3 is 4.74 Å². The van der Waals surface area contributed by atoms with E-state index < -0.39 is 10.0 Å². The summed E-state index contributed by atoms with van der Waals surface area (Å²) in [7, 11) is -1.88. The number of rotatable bonds is 8. The topological polar surface area (TPSA) is 68.3 Å². The van der Waals surface area contributed by atoms with E-state index in [4.69, 9.17) is 16.3 Å². The molecule has 2 rings (SSSR count). The van der Waals surface area contributed by atoms with Crippen LogP contribution in [0.25, 0.3) is 0 Å². The number of nitrogens with zero attached hydrogens (tertiary/aromatic N) is 1. The quantitative estimate of drug-likeness (QED) is 0.584. The van der Waals surface area contributed by atoms with Crippen molar-refractivity contribution < 1.29 is 13.2 Å². The predicted molar refractivity (Wildman–Crippen MR) is 90.4 cm³/mol. The van der Waals surface area contributed by atoms with Crippen molar-refractivity contribution in [2.24, 2.45) is 0 Å². The zero-order chi connectivity index (χ0) is 16.7. The van der Waals surface area contributed by atoms with Gasteiger partial charge in [0.2, 0.25) is 10.0 Å². The van der Waals surface area contributed by atoms with E-state index in [9.17, 15) is 8.42 Å². The Hall–Kier alpha value is -1.63. The van der Waals surface area contributed by atoms with Gasteiger partial charge in [0, 0.05) is 12.7 Å². The third kappa shape index (κ3) is 5.20. The van der Waals surface area contributed by atoms with Crippen LogP contribution >= 0.6 is 11.6 Å². The summed E-state index contributed by atoms with van der Waals surface area (Å²) in [5, 5.41) is 0.265. The van der Waals surface area contributed by atoms with Gasteiger partial charge in [0.25, 0.3) is 0 Å². The summed E-state index contributed by atoms with van der Waals surface area (Å²) in [4.78, 5) is 3.90. The molecule has 0 amide bonds. The first-order chi connectivity index (χ1) is 11.0. The molecule has 2 aromatic rings. The summed E-state index contributed by atoms with van der Waals surface area (Å²) in [6.45, 7) is 0.375. The molecule has 1 aromatic heterocycles. The average Bonchev–Trinajstić information content (AvgIpc) is 2.55. The number of aryl methyl sites for hydroxylation is 1. The highest BCUT2D eigenvalue weighted by Crippen LogP contribution is 2.19. The van der Waals surface area contributed by atoms with Crippen molar-refractivity contribution in [2.75, 3.05) is 13.7 Å². The highest BCUT2D eigenvalue weighted by molar-refractivity contribution is 7.89. The third-order valence-electron chi connectivity index (χ3n) is 3.37. The summed E-state index contributed by atoms with van der Waals surface area (Å²) in [5.41, 5.74) is 1.12. The number of ether oxygens (including phenoxy) is 1. The van der Waals surface area contributed by atoms with Gasteiger partial charge in [0.15, 0.2) is 0 Å². The molecule has 23 heavy (non-hydrogen) atoms. The van der Waals surface area contributed by atoms with E-state index >= 15 is 0 Å². The first-order valence-electron chi connectivity index (χ1n) is 7.26. The Morgan fingerprint density at radius 1 is 1.17 bits per heavy atom. The molecule has 0 aliphatic carbocycles. The molecule has 0 atom stereocenters. The number of nitrogens with one attached hydrogen (secondary N) is 1. The zero-order valence-corrected chi connectivity index (χ0v) is 14.4. The van der Waals surface area contributed by atoms with Crippen LogP contribution in [0.4, 0.5) is 0 Å². The van der Waals surface area contributed by atoms with Gasteiger partial charge in [-0.15, -0.1) is 0 Å². The molecule has 1 aromatic carbocycles. The summed E-state index contributed by atoms with van der Waals surface area (Å²) in [6, 6.07) is 10.7. The van der Waals surface area contributed by atoms with E-state index in [0.717, 1.165) is 30.6 Å². The minimum atomic E-state index is -3.53. The molecule has 0 aliphatic heterocycles. The van der Waals surface area contributed by atoms with E-state index in [1.807, 2.05) is 24.3 Å². The lowest BCUT2D eigenvalue weighted by atomic mass is 10.1. The minimum absolute atomic E-state index is 0.117. The van der Waals surface area contributed by atoms with Crippen LogP contribution in [0.5, 0.6) is 5.75 Å². The molecule has 7 heteroatoms. The minimum Gasteiger partial charge on any atom is -0.496 e. The molecule has 1 heterocycles. The first-order valence-corrected chi connectivity index (χ1v) is 9.12. The molecule has 0 spiro atoms. The number of hydrogen-bond donors (Lipinski definition) is 1.